The van der Waals surface area contributed by atoms with Gasteiger partial charge in [0.1, 0.15) is 16.9 Å². The first-order valence-electron chi connectivity index (χ1n) is 4.87. The van der Waals surface area contributed by atoms with E-state index in [1.54, 1.807) is 6.07 Å². The van der Waals surface area contributed by atoms with Gasteiger partial charge in [-0.25, -0.2) is 9.97 Å². The van der Waals surface area contributed by atoms with Crippen molar-refractivity contribution < 1.29 is 0 Å². The van der Waals surface area contributed by atoms with Crippen molar-refractivity contribution in [3.63, 3.8) is 0 Å². The molecule has 1 rings (SSSR count). The lowest BCUT2D eigenvalue weighted by Crippen LogP contribution is -2.16. The van der Waals surface area contributed by atoms with Crippen LogP contribution in [0.3, 0.4) is 0 Å². The van der Waals surface area contributed by atoms with E-state index in [1.165, 1.54) is 6.33 Å². The first-order valence-corrected chi connectivity index (χ1v) is 5.24. The third-order valence-corrected chi connectivity index (χ3v) is 2.08. The summed E-state index contributed by atoms with van der Waals surface area (Å²) in [6, 6.07) is 5.06. The number of rotatable bonds is 1. The Labute approximate surface area is 95.3 Å². The highest BCUT2D eigenvalue weighted by atomic mass is 35.5. The second-order valence-corrected chi connectivity index (χ2v) is 4.57. The summed E-state index contributed by atoms with van der Waals surface area (Å²) in [5, 5.41) is 0.444. The van der Waals surface area contributed by atoms with Crippen LogP contribution in [0.25, 0.3) is 4.85 Å². The fourth-order valence-electron chi connectivity index (χ4n) is 1.02. The maximum atomic E-state index is 5.80. The van der Waals surface area contributed by atoms with Gasteiger partial charge in [-0.3, -0.25) is 0 Å². The molecule has 0 aromatic carbocycles. The van der Waals surface area contributed by atoms with Gasteiger partial charge in [0.05, 0.1) is 5.69 Å². The Kier molecular flexibility index (Phi) is 3.65. The van der Waals surface area contributed by atoms with Gasteiger partial charge >= 0.3 is 0 Å². The molecule has 0 radical (unpaired) electrons. The van der Waals surface area contributed by atoms with Crippen LogP contribution in [0.2, 0.25) is 5.15 Å². The first kappa shape index (κ1) is 11.9. The Hall–Kier alpha value is -1.14. The molecule has 0 atom stereocenters. The largest absolute Gasteiger partial charge is 0.285 e. The number of aromatic nitrogens is 2. The first-order chi connectivity index (χ1) is 6.92. The maximum absolute atomic E-state index is 5.80. The minimum atomic E-state index is -0.336. The second kappa shape index (κ2) is 4.59. The predicted octanol–water partition coefficient (Wildman–Crippen LogP) is 3.15. The lowest BCUT2D eigenvalue weighted by atomic mass is 9.91. The van der Waals surface area contributed by atoms with Crippen LogP contribution >= 0.6 is 11.6 Å². The summed E-state index contributed by atoms with van der Waals surface area (Å²) >= 11 is 5.80. The van der Waals surface area contributed by atoms with Crippen molar-refractivity contribution in [2.75, 3.05) is 0 Å². The fourth-order valence-corrected chi connectivity index (χ4v) is 1.17. The zero-order valence-corrected chi connectivity index (χ0v) is 10.2. The topological polar surface area (TPSA) is 30.1 Å². The van der Waals surface area contributed by atoms with Crippen molar-refractivity contribution in [1.82, 2.24) is 9.97 Å². The van der Waals surface area contributed by atoms with Gasteiger partial charge in [-0.15, -0.1) is 0 Å². The molecule has 0 bridgehead atoms. The van der Waals surface area contributed by atoms with E-state index in [-0.39, 0.29) is 11.5 Å². The number of halogens is 1. The van der Waals surface area contributed by atoms with Crippen molar-refractivity contribution in [2.24, 2.45) is 0 Å². The van der Waals surface area contributed by atoms with Crippen LogP contribution in [0, 0.1) is 6.07 Å². The quantitative estimate of drug-likeness (QED) is 0.686. The van der Waals surface area contributed by atoms with Gasteiger partial charge in [0, 0.05) is 13.8 Å². The Morgan fingerprint density at radius 1 is 1.40 bits per heavy atom. The normalized spacial score (nSPS) is 11.1. The molecule has 1 aromatic heterocycles. The van der Waals surface area contributed by atoms with E-state index in [0.29, 0.717) is 5.15 Å². The number of hydrogen-bond acceptors (Lipinski definition) is 2. The molecule has 3 nitrogen and oxygen atoms in total. The van der Waals surface area contributed by atoms with Gasteiger partial charge < -0.3 is 0 Å². The molecule has 0 unspecified atom stereocenters. The molecule has 0 saturated heterocycles. The third kappa shape index (κ3) is 3.49. The number of hydrogen-bond donors (Lipinski definition) is 0. The molecular formula is C11H15ClN3+. The van der Waals surface area contributed by atoms with Gasteiger partial charge in [-0.1, -0.05) is 16.4 Å². The van der Waals surface area contributed by atoms with Crippen LogP contribution in [0.1, 0.15) is 33.4 Å². The highest BCUT2D eigenvalue weighted by Gasteiger charge is 2.27. The highest BCUT2D eigenvalue weighted by molar-refractivity contribution is 6.29. The summed E-state index contributed by atoms with van der Waals surface area (Å²) in [5.41, 5.74) is 0.489. The molecule has 15 heavy (non-hydrogen) atoms. The van der Waals surface area contributed by atoms with Crippen LogP contribution in [0.4, 0.5) is 0 Å². The fraction of sp³-hybridized carbons (Fsp3) is 0.545. The SMILES string of the molecule is CC(C)[N+]#CC(C)(C)c1cc(Cl)ncn1. The Bertz CT molecular complexity index is 402. The average molecular weight is 225 g/mol. The molecule has 0 spiro atoms. The van der Waals surface area contributed by atoms with E-state index in [9.17, 15) is 0 Å². The van der Waals surface area contributed by atoms with Crippen molar-refractivity contribution in [3.8, 4) is 6.07 Å². The molecule has 0 aliphatic heterocycles. The Balaban J connectivity index is 3.02. The summed E-state index contributed by atoms with van der Waals surface area (Å²) in [6.45, 7) is 8.02. The zero-order chi connectivity index (χ0) is 11.5. The molecule has 0 fully saturated rings. The minimum Gasteiger partial charge on any atom is -0.239 e. The lowest BCUT2D eigenvalue weighted by molar-refractivity contribution is 0.662. The molecule has 0 saturated carbocycles. The summed E-state index contributed by atoms with van der Waals surface area (Å²) in [6.07, 6.45) is 1.45. The Morgan fingerprint density at radius 2 is 2.07 bits per heavy atom. The standard InChI is InChI=1S/C11H15ClN3/c1-8(2)13-6-11(3,4)9-5-10(12)15-7-14-9/h5,7-8H,1-4H3/q+1. The van der Waals surface area contributed by atoms with E-state index in [0.717, 1.165) is 5.69 Å². The van der Waals surface area contributed by atoms with Gasteiger partial charge in [0.15, 0.2) is 0 Å². The molecular weight excluding hydrogens is 210 g/mol. The van der Waals surface area contributed by atoms with Gasteiger partial charge in [0.2, 0.25) is 0 Å². The average Bonchev–Trinajstić information content (AvgIpc) is 2.15. The van der Waals surface area contributed by atoms with Crippen molar-refractivity contribution >= 4 is 11.6 Å². The lowest BCUT2D eigenvalue weighted by Gasteiger charge is -2.10. The number of nitrogens with zero attached hydrogens (tertiary/aromatic N) is 3. The monoisotopic (exact) mass is 224 g/mol. The molecule has 0 aliphatic rings. The third-order valence-electron chi connectivity index (χ3n) is 1.88. The molecule has 0 N–H and O–H groups in total. The predicted molar refractivity (Wildman–Crippen MR) is 62.5 cm³/mol. The van der Waals surface area contributed by atoms with E-state index in [4.69, 9.17) is 11.6 Å². The van der Waals surface area contributed by atoms with Gasteiger partial charge in [-0.05, 0) is 19.9 Å². The smallest absolute Gasteiger partial charge is 0.239 e. The molecule has 0 aliphatic carbocycles. The summed E-state index contributed by atoms with van der Waals surface area (Å²) in [4.78, 5) is 12.3. The molecule has 1 heterocycles. The maximum Gasteiger partial charge on any atom is 0.285 e. The summed E-state index contributed by atoms with van der Waals surface area (Å²) < 4.78 is 0. The van der Waals surface area contributed by atoms with Crippen molar-refractivity contribution in [1.29, 1.82) is 0 Å². The van der Waals surface area contributed by atoms with Crippen LogP contribution in [0.15, 0.2) is 12.4 Å². The van der Waals surface area contributed by atoms with Crippen molar-refractivity contribution in [2.45, 2.75) is 39.2 Å². The van der Waals surface area contributed by atoms with E-state index < -0.39 is 0 Å². The van der Waals surface area contributed by atoms with Crippen LogP contribution < -0.4 is 0 Å². The van der Waals surface area contributed by atoms with Crippen LogP contribution in [-0.4, -0.2) is 16.0 Å². The van der Waals surface area contributed by atoms with Crippen LogP contribution in [0.5, 0.6) is 0 Å². The van der Waals surface area contributed by atoms with Crippen molar-refractivity contribution in [3.05, 3.63) is 28.1 Å². The van der Waals surface area contributed by atoms with Gasteiger partial charge in [0.25, 0.3) is 12.1 Å². The van der Waals surface area contributed by atoms with E-state index in [1.807, 2.05) is 27.7 Å². The zero-order valence-electron chi connectivity index (χ0n) is 9.45. The van der Waals surface area contributed by atoms with E-state index in [2.05, 4.69) is 20.9 Å². The second-order valence-electron chi connectivity index (χ2n) is 4.19. The molecule has 4 heteroatoms. The summed E-state index contributed by atoms with van der Waals surface area (Å²) in [7, 11) is 0. The highest BCUT2D eigenvalue weighted by Crippen LogP contribution is 2.21. The van der Waals surface area contributed by atoms with Crippen LogP contribution in [-0.2, 0) is 5.41 Å². The molecule has 80 valence electrons. The molecule has 0 amide bonds. The van der Waals surface area contributed by atoms with E-state index >= 15 is 0 Å². The Morgan fingerprint density at radius 3 is 2.60 bits per heavy atom. The molecule has 1 aromatic rings. The summed E-state index contributed by atoms with van der Waals surface area (Å²) in [5.74, 6) is 0. The minimum absolute atomic E-state index is 0.238. The van der Waals surface area contributed by atoms with Gasteiger partial charge in [-0.2, -0.15) is 0 Å².